The molecule has 7 heteroatoms. The number of rotatable bonds is 7. The first kappa shape index (κ1) is 19.4. The highest BCUT2D eigenvalue weighted by Crippen LogP contribution is 2.21. The van der Waals surface area contributed by atoms with Crippen LogP contribution in [0.25, 0.3) is 11.0 Å². The summed E-state index contributed by atoms with van der Waals surface area (Å²) in [4.78, 5) is 31.9. The second-order valence-electron chi connectivity index (χ2n) is 6.66. The van der Waals surface area contributed by atoms with E-state index in [0.717, 1.165) is 16.6 Å². The molecule has 0 radical (unpaired) electrons. The topological polar surface area (TPSA) is 96.1 Å². The first-order valence-corrected chi connectivity index (χ1v) is 9.11. The standard InChI is InChI=1S/C21H24N4O3/c1-13(21-24-17-6-4-5-7-18(17)25-21)22-20(27)12-19(23-14(2)26)15-8-10-16(28-3)11-9-15/h4-11,13,19H,12H2,1-3H3,(H,22,27)(H,23,26)(H,24,25)/t13-,19-/m1/s1. The van der Waals surface area contributed by atoms with Crippen molar-refractivity contribution in [3.63, 3.8) is 0 Å². The maximum Gasteiger partial charge on any atom is 0.222 e. The highest BCUT2D eigenvalue weighted by Gasteiger charge is 2.20. The number of aromatic nitrogens is 2. The Kier molecular flexibility index (Phi) is 5.93. The molecule has 3 N–H and O–H groups in total. The summed E-state index contributed by atoms with van der Waals surface area (Å²) >= 11 is 0. The van der Waals surface area contributed by atoms with E-state index in [0.29, 0.717) is 11.6 Å². The van der Waals surface area contributed by atoms with Gasteiger partial charge in [-0.05, 0) is 36.8 Å². The number of hydrogen-bond acceptors (Lipinski definition) is 4. The molecule has 7 nitrogen and oxygen atoms in total. The number of carbonyl (C=O) groups excluding carboxylic acids is 2. The van der Waals surface area contributed by atoms with Gasteiger partial charge in [-0.15, -0.1) is 0 Å². The quantitative estimate of drug-likeness (QED) is 0.587. The molecule has 0 saturated heterocycles. The van der Waals surface area contributed by atoms with Crippen LogP contribution in [-0.2, 0) is 9.59 Å². The number of carbonyl (C=O) groups is 2. The molecule has 0 saturated carbocycles. The van der Waals surface area contributed by atoms with Gasteiger partial charge in [0.2, 0.25) is 11.8 Å². The molecule has 2 atom stereocenters. The Hall–Kier alpha value is -3.35. The lowest BCUT2D eigenvalue weighted by Crippen LogP contribution is -2.34. The van der Waals surface area contributed by atoms with Gasteiger partial charge in [-0.25, -0.2) is 4.98 Å². The summed E-state index contributed by atoms with van der Waals surface area (Å²) in [5, 5.41) is 5.78. The Balaban J connectivity index is 1.69. The van der Waals surface area contributed by atoms with Crippen LogP contribution in [0.3, 0.4) is 0 Å². The van der Waals surface area contributed by atoms with Crippen molar-refractivity contribution in [2.75, 3.05) is 7.11 Å². The lowest BCUT2D eigenvalue weighted by Gasteiger charge is -2.20. The Bertz CT molecular complexity index is 932. The number of ether oxygens (including phenoxy) is 1. The molecular weight excluding hydrogens is 356 g/mol. The average molecular weight is 380 g/mol. The first-order chi connectivity index (χ1) is 13.5. The molecule has 28 heavy (non-hydrogen) atoms. The van der Waals surface area contributed by atoms with Crippen LogP contribution in [0.4, 0.5) is 0 Å². The number of nitrogens with zero attached hydrogens (tertiary/aromatic N) is 1. The molecule has 0 aliphatic heterocycles. The molecule has 0 spiro atoms. The minimum atomic E-state index is -0.425. The van der Waals surface area contributed by atoms with Gasteiger partial charge in [-0.2, -0.15) is 0 Å². The SMILES string of the molecule is COc1ccc([C@@H](CC(=O)N[C@H](C)c2nc3ccccc3[nH]2)NC(C)=O)cc1. The Labute approximate surface area is 163 Å². The first-order valence-electron chi connectivity index (χ1n) is 9.11. The van der Waals surface area contributed by atoms with Gasteiger partial charge in [0.05, 0.1) is 36.6 Å². The van der Waals surface area contributed by atoms with Gasteiger partial charge in [-0.3, -0.25) is 9.59 Å². The molecule has 3 aromatic rings. The van der Waals surface area contributed by atoms with E-state index < -0.39 is 6.04 Å². The second-order valence-corrected chi connectivity index (χ2v) is 6.66. The van der Waals surface area contributed by atoms with Crippen molar-refractivity contribution in [1.29, 1.82) is 0 Å². The number of imidazole rings is 1. The molecule has 2 amide bonds. The fraction of sp³-hybridized carbons (Fsp3) is 0.286. The minimum Gasteiger partial charge on any atom is -0.497 e. The van der Waals surface area contributed by atoms with Crippen LogP contribution in [0.2, 0.25) is 0 Å². The predicted molar refractivity (Wildman–Crippen MR) is 107 cm³/mol. The molecule has 1 heterocycles. The number of hydrogen-bond donors (Lipinski definition) is 3. The number of aromatic amines is 1. The van der Waals surface area contributed by atoms with Crippen molar-refractivity contribution in [2.45, 2.75) is 32.4 Å². The summed E-state index contributed by atoms with van der Waals surface area (Å²) in [5.74, 6) is 1.03. The fourth-order valence-corrected chi connectivity index (χ4v) is 3.07. The molecule has 146 valence electrons. The molecule has 2 aromatic carbocycles. The summed E-state index contributed by atoms with van der Waals surface area (Å²) in [7, 11) is 1.59. The minimum absolute atomic E-state index is 0.122. The zero-order valence-electron chi connectivity index (χ0n) is 16.2. The van der Waals surface area contributed by atoms with E-state index in [1.54, 1.807) is 19.2 Å². The van der Waals surface area contributed by atoms with Crippen LogP contribution in [0.5, 0.6) is 5.75 Å². The van der Waals surface area contributed by atoms with E-state index in [9.17, 15) is 9.59 Å². The smallest absolute Gasteiger partial charge is 0.222 e. The maximum atomic E-state index is 12.6. The number of methoxy groups -OCH3 is 1. The summed E-state index contributed by atoms with van der Waals surface area (Å²) in [5.41, 5.74) is 2.61. The van der Waals surface area contributed by atoms with Crippen molar-refractivity contribution in [3.05, 3.63) is 59.9 Å². The highest BCUT2D eigenvalue weighted by atomic mass is 16.5. The third-order valence-corrected chi connectivity index (χ3v) is 4.48. The van der Waals surface area contributed by atoms with Crippen molar-refractivity contribution in [1.82, 2.24) is 20.6 Å². The molecule has 0 unspecified atom stereocenters. The predicted octanol–water partition coefficient (Wildman–Crippen LogP) is 3.02. The monoisotopic (exact) mass is 380 g/mol. The largest absolute Gasteiger partial charge is 0.497 e. The molecule has 0 fully saturated rings. The Morgan fingerprint density at radius 3 is 2.46 bits per heavy atom. The van der Waals surface area contributed by atoms with Gasteiger partial charge in [0.15, 0.2) is 0 Å². The van der Waals surface area contributed by atoms with Crippen LogP contribution in [0.15, 0.2) is 48.5 Å². The fourth-order valence-electron chi connectivity index (χ4n) is 3.07. The average Bonchev–Trinajstić information content (AvgIpc) is 3.11. The number of benzene rings is 2. The summed E-state index contributed by atoms with van der Waals surface area (Å²) in [6, 6.07) is 14.3. The van der Waals surface area contributed by atoms with Gasteiger partial charge in [-0.1, -0.05) is 24.3 Å². The zero-order chi connectivity index (χ0) is 20.1. The van der Waals surface area contributed by atoms with Gasteiger partial charge >= 0.3 is 0 Å². The van der Waals surface area contributed by atoms with Crippen LogP contribution in [0.1, 0.15) is 43.7 Å². The normalized spacial score (nSPS) is 13.0. The zero-order valence-corrected chi connectivity index (χ0v) is 16.2. The Morgan fingerprint density at radius 1 is 1.11 bits per heavy atom. The van der Waals surface area contributed by atoms with Crippen LogP contribution in [0, 0.1) is 0 Å². The molecular formula is C21H24N4O3. The van der Waals surface area contributed by atoms with Gasteiger partial charge in [0.1, 0.15) is 11.6 Å². The third-order valence-electron chi connectivity index (χ3n) is 4.48. The summed E-state index contributed by atoms with van der Waals surface area (Å²) in [6.07, 6.45) is 0.122. The van der Waals surface area contributed by atoms with E-state index in [2.05, 4.69) is 20.6 Å². The van der Waals surface area contributed by atoms with Crippen molar-refractivity contribution >= 4 is 22.8 Å². The number of para-hydroxylation sites is 2. The van der Waals surface area contributed by atoms with Crippen LogP contribution in [-0.4, -0.2) is 28.9 Å². The van der Waals surface area contributed by atoms with E-state index in [1.807, 2.05) is 43.3 Å². The van der Waals surface area contributed by atoms with E-state index in [4.69, 9.17) is 4.74 Å². The van der Waals surface area contributed by atoms with Crippen molar-refractivity contribution < 1.29 is 14.3 Å². The number of nitrogens with one attached hydrogen (secondary N) is 3. The molecule has 0 bridgehead atoms. The van der Waals surface area contributed by atoms with Crippen molar-refractivity contribution in [3.8, 4) is 5.75 Å². The summed E-state index contributed by atoms with van der Waals surface area (Å²) < 4.78 is 5.16. The van der Waals surface area contributed by atoms with E-state index in [-0.39, 0.29) is 24.3 Å². The lowest BCUT2D eigenvalue weighted by molar-refractivity contribution is -0.123. The van der Waals surface area contributed by atoms with Crippen LogP contribution < -0.4 is 15.4 Å². The van der Waals surface area contributed by atoms with Gasteiger partial charge < -0.3 is 20.4 Å². The lowest BCUT2D eigenvalue weighted by atomic mass is 10.0. The second kappa shape index (κ2) is 8.56. The maximum absolute atomic E-state index is 12.6. The van der Waals surface area contributed by atoms with Crippen molar-refractivity contribution in [2.24, 2.45) is 0 Å². The highest BCUT2D eigenvalue weighted by molar-refractivity contribution is 5.80. The van der Waals surface area contributed by atoms with E-state index in [1.165, 1.54) is 6.92 Å². The molecule has 3 rings (SSSR count). The Morgan fingerprint density at radius 2 is 1.82 bits per heavy atom. The number of H-pyrrole nitrogens is 1. The molecule has 1 aromatic heterocycles. The summed E-state index contributed by atoms with van der Waals surface area (Å²) in [6.45, 7) is 3.31. The van der Waals surface area contributed by atoms with E-state index >= 15 is 0 Å². The third kappa shape index (κ3) is 4.68. The van der Waals surface area contributed by atoms with Crippen LogP contribution >= 0.6 is 0 Å². The molecule has 0 aliphatic carbocycles. The molecule has 0 aliphatic rings. The van der Waals surface area contributed by atoms with Gasteiger partial charge in [0.25, 0.3) is 0 Å². The number of fused-ring (bicyclic) bond motifs is 1. The number of amides is 2. The van der Waals surface area contributed by atoms with Gasteiger partial charge in [0, 0.05) is 6.92 Å².